The first-order valence-corrected chi connectivity index (χ1v) is 9.16. The van der Waals surface area contributed by atoms with Crippen LogP contribution in [0.15, 0.2) is 30.3 Å². The average Bonchev–Trinajstić information content (AvgIpc) is 2.89. The lowest BCUT2D eigenvalue weighted by Gasteiger charge is -2.39. The van der Waals surface area contributed by atoms with Gasteiger partial charge in [0, 0.05) is 38.0 Å². The van der Waals surface area contributed by atoms with E-state index in [1.807, 2.05) is 11.0 Å². The van der Waals surface area contributed by atoms with Crippen LogP contribution in [-0.2, 0) is 9.59 Å². The van der Waals surface area contributed by atoms with Crippen molar-refractivity contribution in [2.24, 2.45) is 11.3 Å². The van der Waals surface area contributed by atoms with Crippen LogP contribution >= 0.6 is 0 Å². The maximum atomic E-state index is 14.5. The molecule has 4 nitrogen and oxygen atoms in total. The van der Waals surface area contributed by atoms with Gasteiger partial charge in [0.15, 0.2) is 0 Å². The topological polar surface area (TPSA) is 40.6 Å². The highest BCUT2D eigenvalue weighted by molar-refractivity contribution is 5.82. The van der Waals surface area contributed by atoms with Crippen LogP contribution in [0, 0.1) is 11.3 Å². The van der Waals surface area contributed by atoms with Crippen molar-refractivity contribution in [3.05, 3.63) is 35.9 Å². The van der Waals surface area contributed by atoms with Gasteiger partial charge < -0.3 is 9.80 Å². The number of carbonyl (C=O) groups is 2. The van der Waals surface area contributed by atoms with Crippen molar-refractivity contribution >= 4 is 11.8 Å². The van der Waals surface area contributed by atoms with E-state index < -0.39 is 12.1 Å². The molecule has 1 spiro atoms. The van der Waals surface area contributed by atoms with E-state index in [2.05, 4.69) is 13.8 Å². The fourth-order valence-corrected chi connectivity index (χ4v) is 4.05. The Bertz CT molecular complexity index is 624. The minimum Gasteiger partial charge on any atom is -0.342 e. The Morgan fingerprint density at radius 1 is 1.20 bits per heavy atom. The highest BCUT2D eigenvalue weighted by atomic mass is 19.1. The molecule has 25 heavy (non-hydrogen) atoms. The molecule has 2 heterocycles. The summed E-state index contributed by atoms with van der Waals surface area (Å²) in [6.07, 6.45) is 0.526. The Labute approximate surface area is 149 Å². The lowest BCUT2D eigenvalue weighted by molar-refractivity contribution is -0.139. The first-order chi connectivity index (χ1) is 11.9. The molecule has 0 bridgehead atoms. The number of alkyl halides is 1. The second kappa shape index (κ2) is 7.14. The summed E-state index contributed by atoms with van der Waals surface area (Å²) >= 11 is 0. The minimum atomic E-state index is -1.60. The molecule has 2 fully saturated rings. The average molecular weight is 346 g/mol. The molecule has 2 aliphatic rings. The van der Waals surface area contributed by atoms with E-state index in [9.17, 15) is 14.0 Å². The number of halogens is 1. The lowest BCUT2D eigenvalue weighted by atomic mass is 9.77. The van der Waals surface area contributed by atoms with Crippen LogP contribution < -0.4 is 0 Å². The van der Waals surface area contributed by atoms with Crippen LogP contribution in [0.25, 0.3) is 0 Å². The standard InChI is InChI=1S/C20H27FN2O2/c1-15(2)13-23-14-20(12-17(23)24)8-10-22(11-9-20)19(25)18(21)16-6-4-3-5-7-16/h3-7,15,18H,8-14H2,1-2H3/t18-/m0/s1. The van der Waals surface area contributed by atoms with Gasteiger partial charge >= 0.3 is 0 Å². The Balaban J connectivity index is 1.59. The first-order valence-electron chi connectivity index (χ1n) is 9.16. The molecule has 3 rings (SSSR count). The maximum Gasteiger partial charge on any atom is 0.261 e. The van der Waals surface area contributed by atoms with E-state index in [0.29, 0.717) is 31.0 Å². The summed E-state index contributed by atoms with van der Waals surface area (Å²) in [7, 11) is 0. The SMILES string of the molecule is CC(C)CN1CC2(CCN(C(=O)[C@@H](F)c3ccccc3)CC2)CC1=O. The van der Waals surface area contributed by atoms with Gasteiger partial charge in [0.1, 0.15) is 0 Å². The fourth-order valence-electron chi connectivity index (χ4n) is 4.05. The molecule has 0 radical (unpaired) electrons. The fraction of sp³-hybridized carbons (Fsp3) is 0.600. The van der Waals surface area contributed by atoms with Gasteiger partial charge in [0.25, 0.3) is 5.91 Å². The molecule has 0 N–H and O–H groups in total. The van der Waals surface area contributed by atoms with E-state index in [1.54, 1.807) is 29.2 Å². The van der Waals surface area contributed by atoms with E-state index in [-0.39, 0.29) is 11.3 Å². The van der Waals surface area contributed by atoms with Crippen LogP contribution in [0.4, 0.5) is 4.39 Å². The number of piperidine rings is 1. The molecule has 2 amide bonds. The van der Waals surface area contributed by atoms with Gasteiger partial charge in [-0.05, 0) is 24.3 Å². The van der Waals surface area contributed by atoms with E-state index in [0.717, 1.165) is 25.9 Å². The number of hydrogen-bond acceptors (Lipinski definition) is 2. The summed E-state index contributed by atoms with van der Waals surface area (Å²) in [5.41, 5.74) is 0.383. The van der Waals surface area contributed by atoms with Crippen molar-refractivity contribution in [2.45, 2.75) is 39.3 Å². The molecule has 5 heteroatoms. The molecule has 136 valence electrons. The van der Waals surface area contributed by atoms with Gasteiger partial charge in [0.2, 0.25) is 12.1 Å². The molecule has 0 unspecified atom stereocenters. The predicted molar refractivity (Wildman–Crippen MR) is 94.6 cm³/mol. The van der Waals surface area contributed by atoms with Crippen LogP contribution in [-0.4, -0.2) is 47.8 Å². The monoisotopic (exact) mass is 346 g/mol. The molecule has 2 aliphatic heterocycles. The van der Waals surface area contributed by atoms with Gasteiger partial charge in [0.05, 0.1) is 0 Å². The van der Waals surface area contributed by atoms with Crippen LogP contribution in [0.1, 0.15) is 44.8 Å². The number of amides is 2. The number of likely N-dealkylation sites (tertiary alicyclic amines) is 2. The minimum absolute atomic E-state index is 0.0265. The van der Waals surface area contributed by atoms with Crippen LogP contribution in [0.2, 0.25) is 0 Å². The Kier molecular flexibility index (Phi) is 5.11. The zero-order chi connectivity index (χ0) is 18.0. The van der Waals surface area contributed by atoms with Crippen molar-refractivity contribution < 1.29 is 14.0 Å². The molecule has 0 saturated carbocycles. The first kappa shape index (κ1) is 17.9. The lowest BCUT2D eigenvalue weighted by Crippen LogP contribution is -2.45. The van der Waals surface area contributed by atoms with Crippen molar-refractivity contribution in [1.29, 1.82) is 0 Å². The summed E-state index contributed by atoms with van der Waals surface area (Å²) < 4.78 is 14.5. The number of hydrogen-bond donors (Lipinski definition) is 0. The van der Waals surface area contributed by atoms with Gasteiger partial charge in [-0.3, -0.25) is 9.59 Å². The number of rotatable bonds is 4. The van der Waals surface area contributed by atoms with Crippen LogP contribution in [0.3, 0.4) is 0 Å². The second-order valence-electron chi connectivity index (χ2n) is 7.94. The Morgan fingerprint density at radius 3 is 2.44 bits per heavy atom. The van der Waals surface area contributed by atoms with Gasteiger partial charge in [-0.2, -0.15) is 0 Å². The summed E-state index contributed by atoms with van der Waals surface area (Å²) in [5.74, 6) is 0.226. The summed E-state index contributed by atoms with van der Waals surface area (Å²) in [6.45, 7) is 6.88. The van der Waals surface area contributed by atoms with Gasteiger partial charge in [-0.15, -0.1) is 0 Å². The maximum absolute atomic E-state index is 14.5. The Hall–Kier alpha value is -1.91. The zero-order valence-corrected chi connectivity index (χ0v) is 15.1. The molecular weight excluding hydrogens is 319 g/mol. The number of carbonyl (C=O) groups excluding carboxylic acids is 2. The van der Waals surface area contributed by atoms with Crippen LogP contribution in [0.5, 0.6) is 0 Å². The highest BCUT2D eigenvalue weighted by Gasteiger charge is 2.45. The number of benzene rings is 1. The molecule has 1 aromatic rings. The molecular formula is C20H27FN2O2. The molecule has 0 aromatic heterocycles. The van der Waals surface area contributed by atoms with Crippen molar-refractivity contribution in [3.63, 3.8) is 0 Å². The largest absolute Gasteiger partial charge is 0.342 e. The second-order valence-corrected chi connectivity index (χ2v) is 7.94. The van der Waals surface area contributed by atoms with Crippen molar-refractivity contribution in [3.8, 4) is 0 Å². The van der Waals surface area contributed by atoms with Gasteiger partial charge in [-0.1, -0.05) is 44.2 Å². The Morgan fingerprint density at radius 2 is 1.84 bits per heavy atom. The smallest absolute Gasteiger partial charge is 0.261 e. The predicted octanol–water partition coefficient (Wildman–Crippen LogP) is 3.19. The van der Waals surface area contributed by atoms with E-state index in [1.165, 1.54) is 0 Å². The van der Waals surface area contributed by atoms with Gasteiger partial charge in [-0.25, -0.2) is 4.39 Å². The quantitative estimate of drug-likeness (QED) is 0.840. The highest BCUT2D eigenvalue weighted by Crippen LogP contribution is 2.41. The third kappa shape index (κ3) is 3.86. The molecule has 2 saturated heterocycles. The third-order valence-corrected chi connectivity index (χ3v) is 5.44. The summed E-state index contributed by atoms with van der Waals surface area (Å²) in [6, 6.07) is 8.59. The van der Waals surface area contributed by atoms with Crippen molar-refractivity contribution in [2.75, 3.05) is 26.2 Å². The molecule has 1 aromatic carbocycles. The molecule has 0 aliphatic carbocycles. The zero-order valence-electron chi connectivity index (χ0n) is 15.1. The van der Waals surface area contributed by atoms with E-state index in [4.69, 9.17) is 0 Å². The normalized spacial score (nSPS) is 21.2. The number of nitrogens with zero attached hydrogens (tertiary/aromatic N) is 2. The summed E-state index contributed by atoms with van der Waals surface area (Å²) in [5, 5.41) is 0. The van der Waals surface area contributed by atoms with Crippen molar-refractivity contribution in [1.82, 2.24) is 9.80 Å². The van der Waals surface area contributed by atoms with E-state index >= 15 is 0 Å². The summed E-state index contributed by atoms with van der Waals surface area (Å²) in [4.78, 5) is 28.3. The molecule has 1 atom stereocenters. The third-order valence-electron chi connectivity index (χ3n) is 5.44.